The summed E-state index contributed by atoms with van der Waals surface area (Å²) < 4.78 is 15.1. The van der Waals surface area contributed by atoms with Crippen LogP contribution in [0.25, 0.3) is 5.69 Å². The molecule has 0 saturated heterocycles. The Hall–Kier alpha value is -1.68. The van der Waals surface area contributed by atoms with Gasteiger partial charge in [0.05, 0.1) is 11.4 Å². The van der Waals surface area contributed by atoms with Gasteiger partial charge in [-0.25, -0.2) is 9.07 Å². The first kappa shape index (κ1) is 11.4. The number of benzene rings is 1. The van der Waals surface area contributed by atoms with Crippen LogP contribution in [0.4, 0.5) is 4.39 Å². The Balaban J connectivity index is 2.03. The second-order valence-electron chi connectivity index (χ2n) is 4.95. The minimum Gasteiger partial charge on any atom is -0.324 e. The third-order valence-electron chi connectivity index (χ3n) is 3.33. The Morgan fingerprint density at radius 3 is 2.83 bits per heavy atom. The molecule has 0 radical (unpaired) electrons. The van der Waals surface area contributed by atoms with Gasteiger partial charge in [-0.1, -0.05) is 0 Å². The van der Waals surface area contributed by atoms with Crippen molar-refractivity contribution in [2.24, 2.45) is 5.73 Å². The molecule has 1 aromatic carbocycles. The molecule has 94 valence electrons. The summed E-state index contributed by atoms with van der Waals surface area (Å²) in [6, 6.07) is 6.48. The Bertz CT molecular complexity index is 570. The van der Waals surface area contributed by atoms with E-state index in [0.717, 1.165) is 16.9 Å². The smallest absolute Gasteiger partial charge is 0.123 e. The molecule has 1 unspecified atom stereocenters. The largest absolute Gasteiger partial charge is 0.324 e. The molecule has 0 spiro atoms. The van der Waals surface area contributed by atoms with Crippen molar-refractivity contribution in [2.75, 3.05) is 0 Å². The fraction of sp³-hybridized carbons (Fsp3) is 0.357. The maximum atomic E-state index is 13.3. The van der Waals surface area contributed by atoms with Crippen LogP contribution in [0.3, 0.4) is 0 Å². The van der Waals surface area contributed by atoms with E-state index >= 15 is 0 Å². The van der Waals surface area contributed by atoms with Gasteiger partial charge in [0.15, 0.2) is 0 Å². The predicted octanol–water partition coefficient (Wildman–Crippen LogP) is 2.91. The van der Waals surface area contributed by atoms with Gasteiger partial charge in [-0.3, -0.25) is 0 Å². The zero-order valence-corrected chi connectivity index (χ0v) is 10.3. The first-order chi connectivity index (χ1) is 8.65. The van der Waals surface area contributed by atoms with Crippen molar-refractivity contribution >= 4 is 0 Å². The van der Waals surface area contributed by atoms with Crippen LogP contribution < -0.4 is 5.73 Å². The van der Waals surface area contributed by atoms with Gasteiger partial charge in [0, 0.05) is 18.2 Å². The minimum absolute atomic E-state index is 0.218. The average Bonchev–Trinajstić information content (AvgIpc) is 3.08. The van der Waals surface area contributed by atoms with Crippen molar-refractivity contribution in [3.8, 4) is 5.69 Å². The molecule has 0 amide bonds. The van der Waals surface area contributed by atoms with Gasteiger partial charge in [0.25, 0.3) is 0 Å². The summed E-state index contributed by atoms with van der Waals surface area (Å²) >= 11 is 0. The minimum atomic E-state index is -0.263. The molecule has 3 rings (SSSR count). The molecule has 1 fully saturated rings. The average molecular weight is 245 g/mol. The molecule has 1 aliphatic rings. The number of rotatable bonds is 3. The number of hydrogen-bond acceptors (Lipinski definition) is 2. The fourth-order valence-electron chi connectivity index (χ4n) is 2.17. The molecule has 1 aliphatic carbocycles. The maximum absolute atomic E-state index is 13.3. The third kappa shape index (κ3) is 2.04. The van der Waals surface area contributed by atoms with Gasteiger partial charge < -0.3 is 5.73 Å². The van der Waals surface area contributed by atoms with Crippen LogP contribution in [0.5, 0.6) is 0 Å². The van der Waals surface area contributed by atoms with Crippen LogP contribution in [0.2, 0.25) is 0 Å². The van der Waals surface area contributed by atoms with E-state index in [4.69, 9.17) is 5.73 Å². The van der Waals surface area contributed by atoms with E-state index in [1.54, 1.807) is 10.7 Å². The van der Waals surface area contributed by atoms with Gasteiger partial charge >= 0.3 is 0 Å². The number of halogens is 1. The Kier molecular flexibility index (Phi) is 2.67. The van der Waals surface area contributed by atoms with Crippen LogP contribution in [0.1, 0.15) is 43.0 Å². The van der Waals surface area contributed by atoms with Crippen molar-refractivity contribution in [3.05, 3.63) is 47.5 Å². The van der Waals surface area contributed by atoms with Gasteiger partial charge in [0.2, 0.25) is 0 Å². The molecular weight excluding hydrogens is 229 g/mol. The summed E-state index contributed by atoms with van der Waals surface area (Å²) in [6.45, 7) is 1.85. The van der Waals surface area contributed by atoms with E-state index in [1.807, 2.05) is 19.2 Å². The molecule has 2 N–H and O–H groups in total. The molecule has 1 saturated carbocycles. The van der Waals surface area contributed by atoms with E-state index in [9.17, 15) is 4.39 Å². The standard InChI is InChI=1S/C14H16FN3/c1-9(16)12-8-11(15)4-5-14(12)18-7-6-13(17-18)10-2-3-10/h4-10H,2-3,16H2,1H3. The Morgan fingerprint density at radius 2 is 2.17 bits per heavy atom. The number of hydrogen-bond donors (Lipinski definition) is 1. The first-order valence-electron chi connectivity index (χ1n) is 6.26. The quantitative estimate of drug-likeness (QED) is 0.903. The van der Waals surface area contributed by atoms with E-state index in [1.165, 1.54) is 25.0 Å². The van der Waals surface area contributed by atoms with Gasteiger partial charge in [-0.15, -0.1) is 0 Å². The second kappa shape index (κ2) is 4.21. The number of nitrogens with two attached hydrogens (primary N) is 1. The van der Waals surface area contributed by atoms with Crippen LogP contribution in [-0.2, 0) is 0 Å². The number of nitrogens with zero attached hydrogens (tertiary/aromatic N) is 2. The molecule has 0 aliphatic heterocycles. The maximum Gasteiger partial charge on any atom is 0.123 e. The summed E-state index contributed by atoms with van der Waals surface area (Å²) in [5, 5.41) is 4.55. The molecule has 1 heterocycles. The van der Waals surface area contributed by atoms with Crippen molar-refractivity contribution < 1.29 is 4.39 Å². The second-order valence-corrected chi connectivity index (χ2v) is 4.95. The number of aromatic nitrogens is 2. The lowest BCUT2D eigenvalue weighted by Gasteiger charge is -2.12. The summed E-state index contributed by atoms with van der Waals surface area (Å²) in [5.74, 6) is 0.353. The van der Waals surface area contributed by atoms with Crippen LogP contribution in [-0.4, -0.2) is 9.78 Å². The summed E-state index contributed by atoms with van der Waals surface area (Å²) in [6.07, 6.45) is 4.37. The lowest BCUT2D eigenvalue weighted by molar-refractivity contribution is 0.620. The summed E-state index contributed by atoms with van der Waals surface area (Å²) in [4.78, 5) is 0. The van der Waals surface area contributed by atoms with Gasteiger partial charge in [0.1, 0.15) is 5.82 Å². The summed E-state index contributed by atoms with van der Waals surface area (Å²) in [5.41, 5.74) is 8.65. The highest BCUT2D eigenvalue weighted by Gasteiger charge is 2.26. The van der Waals surface area contributed by atoms with Crippen LogP contribution in [0, 0.1) is 5.82 Å². The van der Waals surface area contributed by atoms with Crippen molar-refractivity contribution in [1.82, 2.24) is 9.78 Å². The molecule has 1 aromatic heterocycles. The van der Waals surface area contributed by atoms with Crippen molar-refractivity contribution in [1.29, 1.82) is 0 Å². The van der Waals surface area contributed by atoms with Gasteiger partial charge in [-0.2, -0.15) is 5.10 Å². The molecule has 1 atom stereocenters. The zero-order chi connectivity index (χ0) is 12.7. The predicted molar refractivity (Wildman–Crippen MR) is 68.1 cm³/mol. The topological polar surface area (TPSA) is 43.8 Å². The van der Waals surface area contributed by atoms with E-state index in [-0.39, 0.29) is 11.9 Å². The highest BCUT2D eigenvalue weighted by atomic mass is 19.1. The van der Waals surface area contributed by atoms with E-state index in [2.05, 4.69) is 5.10 Å². The van der Waals surface area contributed by atoms with Crippen molar-refractivity contribution in [3.63, 3.8) is 0 Å². The molecule has 18 heavy (non-hydrogen) atoms. The molecule has 0 bridgehead atoms. The fourth-order valence-corrected chi connectivity index (χ4v) is 2.17. The summed E-state index contributed by atoms with van der Waals surface area (Å²) in [7, 11) is 0. The van der Waals surface area contributed by atoms with Gasteiger partial charge in [-0.05, 0) is 49.6 Å². The Morgan fingerprint density at radius 1 is 1.39 bits per heavy atom. The molecule has 3 nitrogen and oxygen atoms in total. The highest BCUT2D eigenvalue weighted by molar-refractivity contribution is 5.42. The lowest BCUT2D eigenvalue weighted by atomic mass is 10.1. The van der Waals surface area contributed by atoms with E-state index in [0.29, 0.717) is 5.92 Å². The molecule has 4 heteroatoms. The highest BCUT2D eigenvalue weighted by Crippen LogP contribution is 2.39. The first-order valence-corrected chi connectivity index (χ1v) is 6.26. The lowest BCUT2D eigenvalue weighted by Crippen LogP contribution is -2.10. The molecule has 2 aromatic rings. The van der Waals surface area contributed by atoms with E-state index < -0.39 is 0 Å². The zero-order valence-electron chi connectivity index (χ0n) is 10.3. The molecular formula is C14H16FN3. The Labute approximate surface area is 105 Å². The normalized spacial score (nSPS) is 16.8. The SMILES string of the molecule is CC(N)c1cc(F)ccc1-n1ccc(C2CC2)n1. The third-order valence-corrected chi connectivity index (χ3v) is 3.33. The van der Waals surface area contributed by atoms with Crippen LogP contribution in [0.15, 0.2) is 30.5 Å². The van der Waals surface area contributed by atoms with Crippen molar-refractivity contribution in [2.45, 2.75) is 31.7 Å². The monoisotopic (exact) mass is 245 g/mol. The van der Waals surface area contributed by atoms with Crippen LogP contribution >= 0.6 is 0 Å².